The van der Waals surface area contributed by atoms with E-state index in [-0.39, 0.29) is 34.7 Å². The number of nitrogens with zero attached hydrogens (tertiary/aromatic N) is 1. The number of rotatable bonds is 3. The van der Waals surface area contributed by atoms with E-state index < -0.39 is 29.0 Å². The van der Waals surface area contributed by atoms with Crippen molar-refractivity contribution < 1.29 is 23.9 Å². The Morgan fingerprint density at radius 3 is 2.89 bits per heavy atom. The van der Waals surface area contributed by atoms with Gasteiger partial charge in [0.05, 0.1) is 11.6 Å². The summed E-state index contributed by atoms with van der Waals surface area (Å²) < 4.78 is 12.2. The maximum atomic E-state index is 14.3. The predicted octanol–water partition coefficient (Wildman–Crippen LogP) is 4.38. The molecule has 6 rings (SSSR count). The summed E-state index contributed by atoms with van der Waals surface area (Å²) in [6, 6.07) is 1.69. The number of carbonyl (C=O) groups is 3. The van der Waals surface area contributed by atoms with E-state index in [2.05, 4.69) is 37.6 Å². The standard InChI is InChI=1S/C28H28ClNO5/c1-15-17-6-7-19-27-11-4-10-26(2,3)22(27)21(34-14-27)24(33)28(19,23(15)32)25(17)35-20(31)8-5-16-9-12-30-13-18(16)29/h4-5,8-9,11-13,17,19,21-22,25H,1,6-7,10,14H2,2-3H3/b8-5+/t17-,19-,21+,22+,25+,27+,28+/m0/s1. The van der Waals surface area contributed by atoms with Gasteiger partial charge in [-0.25, -0.2) is 4.79 Å². The summed E-state index contributed by atoms with van der Waals surface area (Å²) in [4.78, 5) is 45.1. The van der Waals surface area contributed by atoms with Crippen LogP contribution in [0.5, 0.6) is 0 Å². The minimum absolute atomic E-state index is 0.00794. The Bertz CT molecular complexity index is 1230. The Labute approximate surface area is 209 Å². The number of halogens is 1. The van der Waals surface area contributed by atoms with Crippen LogP contribution >= 0.6 is 11.6 Å². The smallest absolute Gasteiger partial charge is 0.331 e. The van der Waals surface area contributed by atoms with Crippen LogP contribution in [0.4, 0.5) is 0 Å². The van der Waals surface area contributed by atoms with Crippen LogP contribution in [0.2, 0.25) is 5.02 Å². The van der Waals surface area contributed by atoms with Crippen LogP contribution in [0.15, 0.2) is 48.8 Å². The summed E-state index contributed by atoms with van der Waals surface area (Å²) >= 11 is 6.14. The van der Waals surface area contributed by atoms with Crippen molar-refractivity contribution in [2.45, 2.75) is 45.3 Å². The molecule has 1 aromatic heterocycles. The van der Waals surface area contributed by atoms with Crippen LogP contribution in [0, 0.1) is 34.0 Å². The van der Waals surface area contributed by atoms with Crippen molar-refractivity contribution in [3.63, 3.8) is 0 Å². The average Bonchev–Trinajstić information content (AvgIpc) is 3.24. The van der Waals surface area contributed by atoms with Crippen LogP contribution in [-0.4, -0.2) is 41.3 Å². The number of aromatic nitrogens is 1. The number of allylic oxidation sites excluding steroid dienone is 1. The van der Waals surface area contributed by atoms with Gasteiger partial charge in [0, 0.05) is 35.7 Å². The van der Waals surface area contributed by atoms with E-state index in [0.717, 1.165) is 6.42 Å². The SMILES string of the molecule is C=C1C(=O)[C@@]23C(=O)[C@@H]4OC[C@]5(C=CCC(C)(C)[C@@H]45)[C@@H]2CC[C@@H]1[C@H]3OC(=O)/C=C/c1ccncc1Cl. The molecule has 0 amide bonds. The molecule has 0 N–H and O–H groups in total. The molecule has 182 valence electrons. The Balaban J connectivity index is 1.41. The average molecular weight is 494 g/mol. The number of carbonyl (C=O) groups excluding carboxylic acids is 3. The zero-order chi connectivity index (χ0) is 24.8. The monoisotopic (exact) mass is 493 g/mol. The van der Waals surface area contributed by atoms with Crippen LogP contribution in [0.25, 0.3) is 6.08 Å². The van der Waals surface area contributed by atoms with Crippen molar-refractivity contribution in [2.75, 3.05) is 6.61 Å². The molecule has 4 aliphatic carbocycles. The fraction of sp³-hybridized carbons (Fsp3) is 0.500. The van der Waals surface area contributed by atoms with E-state index in [1.807, 2.05) is 0 Å². The summed E-state index contributed by atoms with van der Waals surface area (Å²) in [5, 5.41) is 0.407. The maximum absolute atomic E-state index is 14.3. The Kier molecular flexibility index (Phi) is 4.88. The molecule has 6 nitrogen and oxygen atoms in total. The van der Waals surface area contributed by atoms with Gasteiger partial charge in [0.2, 0.25) is 0 Å². The second-order valence-electron chi connectivity index (χ2n) is 11.3. The molecule has 35 heavy (non-hydrogen) atoms. The first-order chi connectivity index (χ1) is 16.6. The minimum Gasteiger partial charge on any atom is -0.457 e. The quantitative estimate of drug-likeness (QED) is 0.269. The topological polar surface area (TPSA) is 82.6 Å². The zero-order valence-electron chi connectivity index (χ0n) is 19.8. The fourth-order valence-electron chi connectivity index (χ4n) is 8.05. The molecule has 3 saturated carbocycles. The molecular weight excluding hydrogens is 466 g/mol. The molecule has 1 aliphatic heterocycles. The van der Waals surface area contributed by atoms with Crippen LogP contribution in [0.1, 0.15) is 38.7 Å². The van der Waals surface area contributed by atoms with Gasteiger partial charge in [-0.3, -0.25) is 14.6 Å². The Hall–Kier alpha value is -2.57. The third kappa shape index (κ3) is 2.81. The first-order valence-corrected chi connectivity index (χ1v) is 12.6. The van der Waals surface area contributed by atoms with Crippen molar-refractivity contribution in [3.8, 4) is 0 Å². The molecule has 4 fully saturated rings. The zero-order valence-corrected chi connectivity index (χ0v) is 20.6. The Morgan fingerprint density at radius 1 is 1.31 bits per heavy atom. The summed E-state index contributed by atoms with van der Waals surface area (Å²) in [5.74, 6) is -1.77. The van der Waals surface area contributed by atoms with Gasteiger partial charge in [-0.1, -0.05) is 44.2 Å². The number of ketones is 2. The number of pyridine rings is 1. The summed E-state index contributed by atoms with van der Waals surface area (Å²) in [5.41, 5.74) is -0.989. The number of ether oxygens (including phenoxy) is 2. The summed E-state index contributed by atoms with van der Waals surface area (Å²) in [7, 11) is 0. The normalized spacial score (nSPS) is 40.7. The molecule has 1 spiro atoms. The highest BCUT2D eigenvalue weighted by molar-refractivity contribution is 6.32. The second kappa shape index (κ2) is 7.47. The van der Waals surface area contributed by atoms with E-state index in [9.17, 15) is 14.4 Å². The molecule has 7 atom stereocenters. The highest BCUT2D eigenvalue weighted by Crippen LogP contribution is 2.71. The van der Waals surface area contributed by atoms with E-state index in [0.29, 0.717) is 35.6 Å². The molecule has 0 aromatic carbocycles. The number of hydrogen-bond donors (Lipinski definition) is 0. The molecule has 1 saturated heterocycles. The predicted molar refractivity (Wildman–Crippen MR) is 129 cm³/mol. The maximum Gasteiger partial charge on any atom is 0.331 e. The molecule has 5 aliphatic rings. The van der Waals surface area contributed by atoms with Gasteiger partial charge >= 0.3 is 5.97 Å². The van der Waals surface area contributed by atoms with Crippen molar-refractivity contribution in [3.05, 3.63) is 59.4 Å². The molecular formula is C28H28ClNO5. The van der Waals surface area contributed by atoms with Crippen LogP contribution in [0.3, 0.4) is 0 Å². The van der Waals surface area contributed by atoms with Gasteiger partial charge in [0.15, 0.2) is 11.6 Å². The minimum atomic E-state index is -1.44. The van der Waals surface area contributed by atoms with Crippen molar-refractivity contribution in [1.82, 2.24) is 4.98 Å². The fourth-order valence-corrected chi connectivity index (χ4v) is 8.23. The lowest BCUT2D eigenvalue weighted by molar-refractivity contribution is -0.187. The van der Waals surface area contributed by atoms with E-state index in [4.69, 9.17) is 21.1 Å². The largest absolute Gasteiger partial charge is 0.457 e. The first kappa shape index (κ1) is 22.9. The highest BCUT2D eigenvalue weighted by atomic mass is 35.5. The molecule has 7 heteroatoms. The van der Waals surface area contributed by atoms with Gasteiger partial charge in [-0.2, -0.15) is 0 Å². The van der Waals surface area contributed by atoms with E-state index in [1.54, 1.807) is 18.3 Å². The summed E-state index contributed by atoms with van der Waals surface area (Å²) in [6.07, 6.45) is 10.9. The number of esters is 1. The third-order valence-corrected chi connectivity index (χ3v) is 9.63. The number of fused-ring (bicyclic) bond motifs is 1. The lowest BCUT2D eigenvalue weighted by Crippen LogP contribution is -2.68. The number of hydrogen-bond acceptors (Lipinski definition) is 6. The lowest BCUT2D eigenvalue weighted by Gasteiger charge is -2.59. The van der Waals surface area contributed by atoms with Gasteiger partial charge in [-0.05, 0) is 53.9 Å². The molecule has 2 heterocycles. The highest BCUT2D eigenvalue weighted by Gasteiger charge is 2.80. The summed E-state index contributed by atoms with van der Waals surface area (Å²) in [6.45, 7) is 8.83. The third-order valence-electron chi connectivity index (χ3n) is 9.31. The van der Waals surface area contributed by atoms with E-state index >= 15 is 0 Å². The lowest BCUT2D eigenvalue weighted by atomic mass is 9.41. The van der Waals surface area contributed by atoms with Gasteiger partial charge < -0.3 is 9.47 Å². The second-order valence-corrected chi connectivity index (χ2v) is 11.7. The first-order valence-electron chi connectivity index (χ1n) is 12.2. The molecule has 4 bridgehead atoms. The van der Waals surface area contributed by atoms with Crippen LogP contribution in [-0.2, 0) is 23.9 Å². The van der Waals surface area contributed by atoms with Crippen molar-refractivity contribution >= 4 is 35.2 Å². The van der Waals surface area contributed by atoms with E-state index in [1.165, 1.54) is 12.3 Å². The van der Waals surface area contributed by atoms with Crippen LogP contribution < -0.4 is 0 Å². The van der Waals surface area contributed by atoms with Crippen molar-refractivity contribution in [2.24, 2.45) is 34.0 Å². The van der Waals surface area contributed by atoms with Gasteiger partial charge in [0.25, 0.3) is 0 Å². The molecule has 0 radical (unpaired) electrons. The Morgan fingerprint density at radius 2 is 2.11 bits per heavy atom. The van der Waals surface area contributed by atoms with Gasteiger partial charge in [-0.15, -0.1) is 0 Å². The number of Topliss-reactive ketones (excluding diaryl/α,β-unsaturated/α-hetero) is 2. The van der Waals surface area contributed by atoms with Gasteiger partial charge in [0.1, 0.15) is 17.6 Å². The molecule has 1 aromatic rings. The molecule has 0 unspecified atom stereocenters. The van der Waals surface area contributed by atoms with Crippen molar-refractivity contribution in [1.29, 1.82) is 0 Å².